The molecule has 3 heterocycles. The van der Waals surface area contributed by atoms with E-state index in [-0.39, 0.29) is 18.0 Å². The summed E-state index contributed by atoms with van der Waals surface area (Å²) in [5.41, 5.74) is 3.46. The molecule has 2 atom stereocenters. The molecule has 1 aliphatic heterocycles. The lowest BCUT2D eigenvalue weighted by Gasteiger charge is -2.27. The average Bonchev–Trinajstić information content (AvgIpc) is 3.21. The third-order valence-electron chi connectivity index (χ3n) is 5.08. The Morgan fingerprint density at radius 2 is 2.04 bits per heavy atom. The van der Waals surface area contributed by atoms with Gasteiger partial charge in [0.2, 0.25) is 5.91 Å². The quantitative estimate of drug-likeness (QED) is 0.870. The zero-order valence-corrected chi connectivity index (χ0v) is 14.5. The molecular formula is C18H26N4O. The van der Waals surface area contributed by atoms with Crippen LogP contribution in [0.3, 0.4) is 0 Å². The van der Waals surface area contributed by atoms with E-state index in [2.05, 4.69) is 28.4 Å². The van der Waals surface area contributed by atoms with Crippen molar-refractivity contribution in [1.82, 2.24) is 19.2 Å². The lowest BCUT2D eigenvalue weighted by molar-refractivity contribution is -0.132. The summed E-state index contributed by atoms with van der Waals surface area (Å²) in [6.45, 7) is 7.10. The van der Waals surface area contributed by atoms with Gasteiger partial charge in [-0.15, -0.1) is 0 Å². The minimum absolute atomic E-state index is 0.188. The maximum absolute atomic E-state index is 12.8. The maximum Gasteiger partial charge on any atom is 0.225 e. The van der Waals surface area contributed by atoms with Gasteiger partial charge in [0.15, 0.2) is 0 Å². The molecule has 0 bridgehead atoms. The number of carbonyl (C=O) groups is 1. The van der Waals surface area contributed by atoms with Crippen LogP contribution in [0, 0.1) is 13.8 Å². The molecule has 0 unspecified atom stereocenters. The van der Waals surface area contributed by atoms with Crippen LogP contribution in [0.15, 0.2) is 24.5 Å². The smallest absolute Gasteiger partial charge is 0.225 e. The van der Waals surface area contributed by atoms with Crippen LogP contribution in [0.1, 0.15) is 55.2 Å². The van der Waals surface area contributed by atoms with Gasteiger partial charge in [0, 0.05) is 49.7 Å². The number of aromatic nitrogens is 3. The Balaban J connectivity index is 1.77. The van der Waals surface area contributed by atoms with E-state index in [0.717, 1.165) is 25.1 Å². The van der Waals surface area contributed by atoms with Gasteiger partial charge in [0.25, 0.3) is 0 Å². The second-order valence-electron chi connectivity index (χ2n) is 6.64. The summed E-state index contributed by atoms with van der Waals surface area (Å²) < 4.78 is 4.03. The molecule has 0 N–H and O–H groups in total. The van der Waals surface area contributed by atoms with Gasteiger partial charge in [-0.1, -0.05) is 0 Å². The fourth-order valence-electron chi connectivity index (χ4n) is 3.75. The van der Waals surface area contributed by atoms with Crippen LogP contribution in [-0.4, -0.2) is 31.7 Å². The summed E-state index contributed by atoms with van der Waals surface area (Å²) in [7, 11) is 1.97. The lowest BCUT2D eigenvalue weighted by atomic mass is 10.0. The van der Waals surface area contributed by atoms with Gasteiger partial charge in [-0.3, -0.25) is 9.48 Å². The minimum atomic E-state index is 0.188. The molecule has 1 aliphatic rings. The summed E-state index contributed by atoms with van der Waals surface area (Å²) in [6.07, 6.45) is 6.70. The Labute approximate surface area is 137 Å². The number of hydrogen-bond donors (Lipinski definition) is 0. The normalized spacial score (nSPS) is 19.3. The Morgan fingerprint density at radius 3 is 2.65 bits per heavy atom. The molecule has 0 radical (unpaired) electrons. The number of rotatable bonds is 4. The molecule has 3 rings (SSSR count). The summed E-state index contributed by atoms with van der Waals surface area (Å²) >= 11 is 0. The molecule has 0 spiro atoms. The SMILES string of the molecule is Cc1nn(C)c(C)c1[C@@H]1CCCN1C(=O)C[C@@H](C)n1cccc1. The van der Waals surface area contributed by atoms with E-state index in [4.69, 9.17) is 0 Å². The molecule has 0 aromatic carbocycles. The van der Waals surface area contributed by atoms with Gasteiger partial charge in [-0.25, -0.2) is 0 Å². The largest absolute Gasteiger partial charge is 0.351 e. The number of nitrogens with zero attached hydrogens (tertiary/aromatic N) is 4. The number of hydrogen-bond acceptors (Lipinski definition) is 2. The van der Waals surface area contributed by atoms with E-state index in [9.17, 15) is 4.79 Å². The van der Waals surface area contributed by atoms with Crippen molar-refractivity contribution in [3.8, 4) is 0 Å². The topological polar surface area (TPSA) is 43.1 Å². The second-order valence-corrected chi connectivity index (χ2v) is 6.64. The number of amides is 1. The van der Waals surface area contributed by atoms with E-state index >= 15 is 0 Å². The van der Waals surface area contributed by atoms with Gasteiger partial charge in [0.05, 0.1) is 11.7 Å². The van der Waals surface area contributed by atoms with Crippen molar-refractivity contribution in [2.24, 2.45) is 7.05 Å². The maximum atomic E-state index is 12.8. The van der Waals surface area contributed by atoms with Crippen LogP contribution in [0.25, 0.3) is 0 Å². The van der Waals surface area contributed by atoms with Gasteiger partial charge in [-0.05, 0) is 45.7 Å². The lowest BCUT2D eigenvalue weighted by Crippen LogP contribution is -2.32. The fourth-order valence-corrected chi connectivity index (χ4v) is 3.75. The van der Waals surface area contributed by atoms with Gasteiger partial charge >= 0.3 is 0 Å². The Kier molecular flexibility index (Phi) is 4.28. The summed E-state index contributed by atoms with van der Waals surface area (Å²) in [5, 5.41) is 4.53. The Morgan fingerprint density at radius 1 is 1.35 bits per heavy atom. The highest BCUT2D eigenvalue weighted by molar-refractivity contribution is 5.77. The van der Waals surface area contributed by atoms with E-state index < -0.39 is 0 Å². The standard InChI is InChI=1S/C18H26N4O/c1-13(21-9-5-6-10-21)12-17(23)22-11-7-8-16(22)18-14(2)19-20(4)15(18)3/h5-6,9-10,13,16H,7-8,11-12H2,1-4H3/t13-,16+/m1/s1. The third kappa shape index (κ3) is 2.92. The van der Waals surface area contributed by atoms with Crippen LogP contribution in [0.2, 0.25) is 0 Å². The first kappa shape index (κ1) is 15.8. The molecule has 5 heteroatoms. The van der Waals surface area contributed by atoms with Gasteiger partial charge in [0.1, 0.15) is 0 Å². The van der Waals surface area contributed by atoms with E-state index in [0.29, 0.717) is 6.42 Å². The zero-order chi connectivity index (χ0) is 16.6. The summed E-state index contributed by atoms with van der Waals surface area (Å²) in [5.74, 6) is 0.247. The highest BCUT2D eigenvalue weighted by Crippen LogP contribution is 2.36. The predicted octanol–water partition coefficient (Wildman–Crippen LogP) is 3.15. The highest BCUT2D eigenvalue weighted by Gasteiger charge is 2.33. The first-order chi connectivity index (χ1) is 11.0. The van der Waals surface area contributed by atoms with Gasteiger partial charge in [-0.2, -0.15) is 5.10 Å². The Hall–Kier alpha value is -2.04. The number of aryl methyl sites for hydroxylation is 2. The second kappa shape index (κ2) is 6.22. The van der Waals surface area contributed by atoms with E-state index in [1.807, 2.05) is 43.2 Å². The van der Waals surface area contributed by atoms with Crippen molar-refractivity contribution in [3.05, 3.63) is 41.5 Å². The van der Waals surface area contributed by atoms with E-state index in [1.54, 1.807) is 0 Å². The minimum Gasteiger partial charge on any atom is -0.351 e. The monoisotopic (exact) mass is 314 g/mol. The van der Waals surface area contributed by atoms with Crippen molar-refractivity contribution in [2.45, 2.75) is 52.1 Å². The molecule has 2 aromatic rings. The third-order valence-corrected chi connectivity index (χ3v) is 5.08. The fraction of sp³-hybridized carbons (Fsp3) is 0.556. The first-order valence-electron chi connectivity index (χ1n) is 8.41. The van der Waals surface area contributed by atoms with Crippen LogP contribution < -0.4 is 0 Å². The molecular weight excluding hydrogens is 288 g/mol. The molecule has 23 heavy (non-hydrogen) atoms. The molecule has 124 valence electrons. The van der Waals surface area contributed by atoms with Crippen molar-refractivity contribution < 1.29 is 4.79 Å². The van der Waals surface area contributed by atoms with Crippen molar-refractivity contribution in [1.29, 1.82) is 0 Å². The molecule has 1 saturated heterocycles. The zero-order valence-electron chi connectivity index (χ0n) is 14.5. The molecule has 1 fully saturated rings. The van der Waals surface area contributed by atoms with Crippen molar-refractivity contribution in [3.63, 3.8) is 0 Å². The molecule has 1 amide bonds. The van der Waals surface area contributed by atoms with Crippen LogP contribution in [-0.2, 0) is 11.8 Å². The molecule has 0 aliphatic carbocycles. The number of carbonyl (C=O) groups excluding carboxylic acids is 1. The molecule has 5 nitrogen and oxygen atoms in total. The van der Waals surface area contributed by atoms with Crippen molar-refractivity contribution in [2.75, 3.05) is 6.54 Å². The predicted molar refractivity (Wildman–Crippen MR) is 90.1 cm³/mol. The van der Waals surface area contributed by atoms with Crippen molar-refractivity contribution >= 4 is 5.91 Å². The van der Waals surface area contributed by atoms with Gasteiger partial charge < -0.3 is 9.47 Å². The Bertz CT molecular complexity index is 686. The molecule has 0 saturated carbocycles. The summed E-state index contributed by atoms with van der Waals surface area (Å²) in [6, 6.07) is 4.38. The van der Waals surface area contributed by atoms with Crippen LogP contribution >= 0.6 is 0 Å². The van der Waals surface area contributed by atoms with Crippen LogP contribution in [0.5, 0.6) is 0 Å². The van der Waals surface area contributed by atoms with Crippen LogP contribution in [0.4, 0.5) is 0 Å². The highest BCUT2D eigenvalue weighted by atomic mass is 16.2. The first-order valence-corrected chi connectivity index (χ1v) is 8.41. The molecule has 2 aromatic heterocycles. The average molecular weight is 314 g/mol. The summed E-state index contributed by atoms with van der Waals surface area (Å²) in [4.78, 5) is 14.9. The number of likely N-dealkylation sites (tertiary alicyclic amines) is 1. The van der Waals surface area contributed by atoms with E-state index in [1.165, 1.54) is 11.3 Å².